The van der Waals surface area contributed by atoms with E-state index >= 15 is 0 Å². The summed E-state index contributed by atoms with van der Waals surface area (Å²) < 4.78 is 2.03. The molecule has 0 unspecified atom stereocenters. The summed E-state index contributed by atoms with van der Waals surface area (Å²) >= 11 is 0. The smallest absolute Gasteiger partial charge is 0.226 e. The summed E-state index contributed by atoms with van der Waals surface area (Å²) in [5.74, 6) is 0.679. The van der Waals surface area contributed by atoms with Gasteiger partial charge in [0.25, 0.3) is 0 Å². The minimum atomic E-state index is 0.0350. The Hall–Kier alpha value is -1.88. The molecule has 0 bridgehead atoms. The number of carbonyl (C=O) groups excluding carboxylic acids is 1. The van der Waals surface area contributed by atoms with E-state index in [1.165, 1.54) is 0 Å². The number of hydrogen-bond donors (Lipinski definition) is 2. The molecule has 0 saturated carbocycles. The third-order valence-electron chi connectivity index (χ3n) is 3.58. The van der Waals surface area contributed by atoms with Crippen molar-refractivity contribution in [1.29, 1.82) is 0 Å². The average molecular weight is 288 g/mol. The normalized spacial score (nSPS) is 11.0. The van der Waals surface area contributed by atoms with Crippen molar-refractivity contribution in [2.75, 3.05) is 11.9 Å². The first kappa shape index (κ1) is 15.5. The monoisotopic (exact) mass is 288 g/mol. The second-order valence-corrected chi connectivity index (χ2v) is 5.17. The molecule has 21 heavy (non-hydrogen) atoms. The minimum Gasteiger partial charge on any atom is -0.330 e. The van der Waals surface area contributed by atoms with Gasteiger partial charge in [-0.1, -0.05) is 25.0 Å². The van der Waals surface area contributed by atoms with Gasteiger partial charge in [-0.05, 0) is 38.4 Å². The predicted octanol–water partition coefficient (Wildman–Crippen LogP) is 2.90. The molecule has 0 saturated heterocycles. The molecule has 114 valence electrons. The Bertz CT molecular complexity index is 591. The lowest BCUT2D eigenvalue weighted by Gasteiger charge is -2.07. The molecule has 3 N–H and O–H groups in total. The number of imidazole rings is 1. The van der Waals surface area contributed by atoms with Crippen LogP contribution in [-0.2, 0) is 11.3 Å². The Balaban J connectivity index is 1.94. The summed E-state index contributed by atoms with van der Waals surface area (Å²) in [4.78, 5) is 16.5. The van der Waals surface area contributed by atoms with Gasteiger partial charge in [0, 0.05) is 13.0 Å². The molecule has 0 aliphatic heterocycles. The van der Waals surface area contributed by atoms with Crippen molar-refractivity contribution < 1.29 is 4.79 Å². The van der Waals surface area contributed by atoms with E-state index in [-0.39, 0.29) is 5.91 Å². The van der Waals surface area contributed by atoms with E-state index in [1.807, 2.05) is 28.8 Å². The van der Waals surface area contributed by atoms with Crippen molar-refractivity contribution in [3.63, 3.8) is 0 Å². The maximum absolute atomic E-state index is 12.0. The van der Waals surface area contributed by atoms with E-state index < -0.39 is 0 Å². The highest BCUT2D eigenvalue weighted by Crippen LogP contribution is 2.19. The molecule has 1 aromatic heterocycles. The van der Waals surface area contributed by atoms with E-state index in [2.05, 4.69) is 17.2 Å². The molecule has 5 nitrogen and oxygen atoms in total. The summed E-state index contributed by atoms with van der Waals surface area (Å²) in [5, 5.41) is 2.93. The van der Waals surface area contributed by atoms with Crippen LogP contribution >= 0.6 is 0 Å². The van der Waals surface area contributed by atoms with Crippen LogP contribution in [0.4, 0.5) is 5.95 Å². The summed E-state index contributed by atoms with van der Waals surface area (Å²) in [6, 6.07) is 7.93. The fourth-order valence-corrected chi connectivity index (χ4v) is 2.46. The number of para-hydroxylation sites is 2. The maximum Gasteiger partial charge on any atom is 0.226 e. The van der Waals surface area contributed by atoms with E-state index in [1.54, 1.807) is 0 Å². The Kier molecular flexibility index (Phi) is 5.75. The zero-order chi connectivity index (χ0) is 15.1. The van der Waals surface area contributed by atoms with E-state index in [9.17, 15) is 4.79 Å². The summed E-state index contributed by atoms with van der Waals surface area (Å²) in [5.41, 5.74) is 7.42. The van der Waals surface area contributed by atoms with Gasteiger partial charge in [0.2, 0.25) is 11.9 Å². The maximum atomic E-state index is 12.0. The number of aryl methyl sites for hydroxylation is 1. The van der Waals surface area contributed by atoms with Gasteiger partial charge in [-0.25, -0.2) is 4.98 Å². The number of nitrogens with two attached hydrogens (primary N) is 1. The first-order valence-electron chi connectivity index (χ1n) is 7.71. The third kappa shape index (κ3) is 4.04. The molecule has 2 rings (SSSR count). The van der Waals surface area contributed by atoms with Crippen molar-refractivity contribution in [1.82, 2.24) is 9.55 Å². The van der Waals surface area contributed by atoms with Crippen LogP contribution in [0.15, 0.2) is 24.3 Å². The number of rotatable bonds is 8. The van der Waals surface area contributed by atoms with Crippen LogP contribution in [0.1, 0.15) is 39.0 Å². The highest BCUT2D eigenvalue weighted by atomic mass is 16.1. The SMILES string of the molecule is CCn1c(NC(=O)CCCCCCN)nc2ccccc21. The second-order valence-electron chi connectivity index (χ2n) is 5.17. The summed E-state index contributed by atoms with van der Waals surface area (Å²) in [6.45, 7) is 3.57. The molecule has 1 heterocycles. The molecular weight excluding hydrogens is 264 g/mol. The van der Waals surface area contributed by atoms with Crippen LogP contribution < -0.4 is 11.1 Å². The average Bonchev–Trinajstić information content (AvgIpc) is 2.84. The van der Waals surface area contributed by atoms with Crippen LogP contribution in [0.5, 0.6) is 0 Å². The molecule has 2 aromatic rings. The van der Waals surface area contributed by atoms with Gasteiger partial charge in [0.15, 0.2) is 0 Å². The third-order valence-corrected chi connectivity index (χ3v) is 3.58. The molecule has 0 atom stereocenters. The fourth-order valence-electron chi connectivity index (χ4n) is 2.46. The van der Waals surface area contributed by atoms with Crippen molar-refractivity contribution in [3.05, 3.63) is 24.3 Å². The summed E-state index contributed by atoms with van der Waals surface area (Å²) in [7, 11) is 0. The molecule has 0 spiro atoms. The standard InChI is InChI=1S/C16H24N4O/c1-2-20-14-10-7-6-9-13(14)18-16(20)19-15(21)11-5-3-4-8-12-17/h6-7,9-10H,2-5,8,11-12,17H2,1H3,(H,18,19,21). The minimum absolute atomic E-state index is 0.0350. The van der Waals surface area contributed by atoms with Crippen LogP contribution in [0.25, 0.3) is 11.0 Å². The fraction of sp³-hybridized carbons (Fsp3) is 0.500. The number of amides is 1. The van der Waals surface area contributed by atoms with Crippen molar-refractivity contribution in [2.45, 2.75) is 45.6 Å². The number of unbranched alkanes of at least 4 members (excludes halogenated alkanes) is 3. The number of anilines is 1. The van der Waals surface area contributed by atoms with Crippen molar-refractivity contribution in [2.24, 2.45) is 5.73 Å². The predicted molar refractivity (Wildman–Crippen MR) is 86.2 cm³/mol. The number of nitrogens with zero attached hydrogens (tertiary/aromatic N) is 2. The number of aromatic nitrogens is 2. The second kappa shape index (κ2) is 7.78. The molecule has 0 fully saturated rings. The van der Waals surface area contributed by atoms with E-state index in [0.717, 1.165) is 49.8 Å². The molecule has 0 aliphatic rings. The Morgan fingerprint density at radius 3 is 2.76 bits per heavy atom. The number of hydrogen-bond acceptors (Lipinski definition) is 3. The van der Waals surface area contributed by atoms with Crippen molar-refractivity contribution in [3.8, 4) is 0 Å². The highest BCUT2D eigenvalue weighted by Gasteiger charge is 2.11. The van der Waals surface area contributed by atoms with E-state index in [0.29, 0.717) is 12.4 Å². The van der Waals surface area contributed by atoms with Crippen LogP contribution in [-0.4, -0.2) is 22.0 Å². The molecular formula is C16H24N4O. The Morgan fingerprint density at radius 1 is 1.24 bits per heavy atom. The van der Waals surface area contributed by atoms with Gasteiger partial charge < -0.3 is 10.3 Å². The van der Waals surface area contributed by atoms with Gasteiger partial charge in [-0.3, -0.25) is 10.1 Å². The number of fused-ring (bicyclic) bond motifs is 1. The lowest BCUT2D eigenvalue weighted by Crippen LogP contribution is -2.15. The van der Waals surface area contributed by atoms with Crippen LogP contribution in [0.2, 0.25) is 0 Å². The largest absolute Gasteiger partial charge is 0.330 e. The number of benzene rings is 1. The van der Waals surface area contributed by atoms with Gasteiger partial charge >= 0.3 is 0 Å². The van der Waals surface area contributed by atoms with E-state index in [4.69, 9.17) is 5.73 Å². The summed E-state index contributed by atoms with van der Waals surface area (Å²) in [6.07, 6.45) is 4.62. The first-order valence-corrected chi connectivity index (χ1v) is 7.71. The first-order chi connectivity index (χ1) is 10.3. The molecule has 0 aliphatic carbocycles. The van der Waals surface area contributed by atoms with Gasteiger partial charge in [-0.2, -0.15) is 0 Å². The van der Waals surface area contributed by atoms with Gasteiger partial charge in [0.1, 0.15) is 0 Å². The van der Waals surface area contributed by atoms with Gasteiger partial charge in [-0.15, -0.1) is 0 Å². The van der Waals surface area contributed by atoms with Crippen molar-refractivity contribution >= 4 is 22.9 Å². The number of carbonyl (C=O) groups is 1. The van der Waals surface area contributed by atoms with Crippen LogP contribution in [0.3, 0.4) is 0 Å². The molecule has 1 aromatic carbocycles. The van der Waals surface area contributed by atoms with Gasteiger partial charge in [0.05, 0.1) is 11.0 Å². The molecule has 1 amide bonds. The zero-order valence-electron chi connectivity index (χ0n) is 12.6. The Labute approximate surface area is 125 Å². The Morgan fingerprint density at radius 2 is 2.00 bits per heavy atom. The highest BCUT2D eigenvalue weighted by molar-refractivity contribution is 5.91. The zero-order valence-corrected chi connectivity index (χ0v) is 12.6. The lowest BCUT2D eigenvalue weighted by atomic mass is 10.1. The molecule has 0 radical (unpaired) electrons. The van der Waals surface area contributed by atoms with Crippen LogP contribution in [0, 0.1) is 0 Å². The quantitative estimate of drug-likeness (QED) is 0.734. The lowest BCUT2D eigenvalue weighted by molar-refractivity contribution is -0.116. The number of nitrogens with one attached hydrogen (secondary N) is 1. The molecule has 5 heteroatoms. The topological polar surface area (TPSA) is 72.9 Å².